The Bertz CT molecular complexity index is 599. The summed E-state index contributed by atoms with van der Waals surface area (Å²) in [4.78, 5) is 12.2. The van der Waals surface area contributed by atoms with Crippen LogP contribution in [0.25, 0.3) is 0 Å². The number of rotatable bonds is 5. The first-order valence-electron chi connectivity index (χ1n) is 7.27. The highest BCUT2D eigenvalue weighted by molar-refractivity contribution is 5.92. The SMILES string of the molecule is CC(C)c1ccccc1NC(=O)CC(N)c1ccccc1.Cl. The van der Waals surface area contributed by atoms with Crippen LogP contribution >= 0.6 is 12.4 Å². The van der Waals surface area contributed by atoms with Crippen LogP contribution < -0.4 is 11.1 Å². The number of nitrogens with one attached hydrogen (secondary N) is 1. The second-order valence-corrected chi connectivity index (χ2v) is 5.51. The third-order valence-electron chi connectivity index (χ3n) is 3.49. The Morgan fingerprint density at radius 2 is 1.64 bits per heavy atom. The molecular formula is C18H23ClN2O. The van der Waals surface area contributed by atoms with E-state index in [-0.39, 0.29) is 30.8 Å². The maximum absolute atomic E-state index is 12.2. The molecule has 0 fully saturated rings. The van der Waals surface area contributed by atoms with Gasteiger partial charge in [0.05, 0.1) is 0 Å². The Balaban J connectivity index is 0.00000242. The number of anilines is 1. The van der Waals surface area contributed by atoms with E-state index in [1.54, 1.807) is 0 Å². The van der Waals surface area contributed by atoms with E-state index in [4.69, 9.17) is 5.73 Å². The predicted octanol–water partition coefficient (Wildman–Crippen LogP) is 4.26. The summed E-state index contributed by atoms with van der Waals surface area (Å²) in [5.74, 6) is 0.309. The molecule has 0 aliphatic heterocycles. The molecule has 0 saturated heterocycles. The quantitative estimate of drug-likeness (QED) is 0.865. The standard InChI is InChI=1S/C18H22N2O.ClH/c1-13(2)15-10-6-7-11-17(15)20-18(21)12-16(19)14-8-4-3-5-9-14;/h3-11,13,16H,12,19H2,1-2H3,(H,20,21);1H. The van der Waals surface area contributed by atoms with E-state index >= 15 is 0 Å². The lowest BCUT2D eigenvalue weighted by Gasteiger charge is -2.15. The number of carbonyl (C=O) groups is 1. The Morgan fingerprint density at radius 1 is 1.05 bits per heavy atom. The molecule has 0 spiro atoms. The topological polar surface area (TPSA) is 55.1 Å². The highest BCUT2D eigenvalue weighted by Gasteiger charge is 2.13. The average Bonchev–Trinajstić information content (AvgIpc) is 2.48. The van der Waals surface area contributed by atoms with Crippen molar-refractivity contribution in [3.8, 4) is 0 Å². The fourth-order valence-corrected chi connectivity index (χ4v) is 2.33. The smallest absolute Gasteiger partial charge is 0.226 e. The molecular weight excluding hydrogens is 296 g/mol. The van der Waals surface area contributed by atoms with Gasteiger partial charge in [0.15, 0.2) is 0 Å². The maximum Gasteiger partial charge on any atom is 0.226 e. The summed E-state index contributed by atoms with van der Waals surface area (Å²) in [7, 11) is 0. The van der Waals surface area contributed by atoms with E-state index in [9.17, 15) is 4.79 Å². The van der Waals surface area contributed by atoms with Crippen LogP contribution in [0.5, 0.6) is 0 Å². The van der Waals surface area contributed by atoms with Crippen molar-refractivity contribution in [2.24, 2.45) is 5.73 Å². The van der Waals surface area contributed by atoms with E-state index < -0.39 is 0 Å². The number of amides is 1. The van der Waals surface area contributed by atoms with Gasteiger partial charge in [-0.25, -0.2) is 0 Å². The Hall–Kier alpha value is -1.84. The van der Waals surface area contributed by atoms with Gasteiger partial charge in [-0.3, -0.25) is 4.79 Å². The number of para-hydroxylation sites is 1. The fourth-order valence-electron chi connectivity index (χ4n) is 2.33. The van der Waals surface area contributed by atoms with Gasteiger partial charge in [0.1, 0.15) is 0 Å². The summed E-state index contributed by atoms with van der Waals surface area (Å²) in [6, 6.07) is 17.3. The van der Waals surface area contributed by atoms with Gasteiger partial charge in [-0.15, -0.1) is 12.4 Å². The molecule has 2 rings (SSSR count). The molecule has 0 heterocycles. The Morgan fingerprint density at radius 3 is 2.27 bits per heavy atom. The molecule has 3 nitrogen and oxygen atoms in total. The molecule has 0 radical (unpaired) electrons. The van der Waals surface area contributed by atoms with E-state index in [0.29, 0.717) is 5.92 Å². The van der Waals surface area contributed by atoms with Gasteiger partial charge in [-0.05, 0) is 23.1 Å². The van der Waals surface area contributed by atoms with Crippen molar-refractivity contribution in [3.05, 3.63) is 65.7 Å². The van der Waals surface area contributed by atoms with Gasteiger partial charge >= 0.3 is 0 Å². The normalized spacial score (nSPS) is 11.6. The zero-order chi connectivity index (χ0) is 15.2. The molecule has 3 N–H and O–H groups in total. The fraction of sp³-hybridized carbons (Fsp3) is 0.278. The summed E-state index contributed by atoms with van der Waals surface area (Å²) in [6.45, 7) is 4.22. The van der Waals surface area contributed by atoms with E-state index in [2.05, 4.69) is 19.2 Å². The predicted molar refractivity (Wildman–Crippen MR) is 94.4 cm³/mol. The molecule has 22 heavy (non-hydrogen) atoms. The molecule has 0 bridgehead atoms. The second kappa shape index (κ2) is 8.57. The average molecular weight is 319 g/mol. The third-order valence-corrected chi connectivity index (χ3v) is 3.49. The van der Waals surface area contributed by atoms with Crippen molar-refractivity contribution >= 4 is 24.0 Å². The molecule has 4 heteroatoms. The number of benzene rings is 2. The van der Waals surface area contributed by atoms with Crippen molar-refractivity contribution in [1.82, 2.24) is 0 Å². The van der Waals surface area contributed by atoms with Crippen LogP contribution in [0.2, 0.25) is 0 Å². The van der Waals surface area contributed by atoms with Crippen molar-refractivity contribution < 1.29 is 4.79 Å². The Labute approximate surface area is 138 Å². The van der Waals surface area contributed by atoms with E-state index in [0.717, 1.165) is 16.8 Å². The second-order valence-electron chi connectivity index (χ2n) is 5.51. The van der Waals surface area contributed by atoms with Crippen molar-refractivity contribution in [2.75, 3.05) is 5.32 Å². The summed E-state index contributed by atoms with van der Waals surface area (Å²) >= 11 is 0. The summed E-state index contributed by atoms with van der Waals surface area (Å²) in [5, 5.41) is 2.97. The van der Waals surface area contributed by atoms with Gasteiger partial charge in [-0.1, -0.05) is 62.4 Å². The molecule has 0 aliphatic carbocycles. The number of hydrogen-bond acceptors (Lipinski definition) is 2. The zero-order valence-electron chi connectivity index (χ0n) is 13.0. The Kier molecular flexibility index (Phi) is 7.09. The molecule has 1 amide bonds. The lowest BCUT2D eigenvalue weighted by Crippen LogP contribution is -2.21. The molecule has 1 atom stereocenters. The van der Waals surface area contributed by atoms with Crippen LogP contribution in [-0.2, 0) is 4.79 Å². The van der Waals surface area contributed by atoms with Crippen molar-refractivity contribution in [2.45, 2.75) is 32.2 Å². The van der Waals surface area contributed by atoms with Crippen LogP contribution in [0.4, 0.5) is 5.69 Å². The van der Waals surface area contributed by atoms with Crippen molar-refractivity contribution in [1.29, 1.82) is 0 Å². The zero-order valence-corrected chi connectivity index (χ0v) is 13.8. The molecule has 2 aromatic rings. The van der Waals surface area contributed by atoms with E-state index in [1.165, 1.54) is 0 Å². The molecule has 0 saturated carbocycles. The number of hydrogen-bond donors (Lipinski definition) is 2. The first kappa shape index (κ1) is 18.2. The lowest BCUT2D eigenvalue weighted by molar-refractivity contribution is -0.116. The van der Waals surface area contributed by atoms with Gasteiger partial charge < -0.3 is 11.1 Å². The van der Waals surface area contributed by atoms with Gasteiger partial charge in [0, 0.05) is 18.2 Å². The van der Waals surface area contributed by atoms with Crippen LogP contribution in [0.3, 0.4) is 0 Å². The summed E-state index contributed by atoms with van der Waals surface area (Å²) in [6.07, 6.45) is 0.274. The molecule has 2 aromatic carbocycles. The number of nitrogens with two attached hydrogens (primary N) is 1. The maximum atomic E-state index is 12.2. The summed E-state index contributed by atoms with van der Waals surface area (Å²) < 4.78 is 0. The first-order chi connectivity index (χ1) is 10.1. The minimum absolute atomic E-state index is 0. The van der Waals surface area contributed by atoms with Crippen LogP contribution in [-0.4, -0.2) is 5.91 Å². The number of carbonyl (C=O) groups excluding carboxylic acids is 1. The highest BCUT2D eigenvalue weighted by Crippen LogP contribution is 2.24. The monoisotopic (exact) mass is 318 g/mol. The minimum atomic E-state index is -0.280. The third kappa shape index (κ3) is 4.86. The van der Waals surface area contributed by atoms with Crippen LogP contribution in [0.15, 0.2) is 54.6 Å². The van der Waals surface area contributed by atoms with Gasteiger partial charge in [0.25, 0.3) is 0 Å². The lowest BCUT2D eigenvalue weighted by atomic mass is 10.0. The molecule has 0 aliphatic rings. The van der Waals surface area contributed by atoms with Gasteiger partial charge in [-0.2, -0.15) is 0 Å². The molecule has 1 unspecified atom stereocenters. The summed E-state index contributed by atoms with van der Waals surface area (Å²) in [5.41, 5.74) is 9.07. The van der Waals surface area contributed by atoms with Crippen LogP contribution in [0.1, 0.15) is 43.4 Å². The van der Waals surface area contributed by atoms with Gasteiger partial charge in [0.2, 0.25) is 5.91 Å². The van der Waals surface area contributed by atoms with Crippen molar-refractivity contribution in [3.63, 3.8) is 0 Å². The largest absolute Gasteiger partial charge is 0.326 e. The molecule has 118 valence electrons. The highest BCUT2D eigenvalue weighted by atomic mass is 35.5. The minimum Gasteiger partial charge on any atom is -0.326 e. The van der Waals surface area contributed by atoms with Crippen LogP contribution in [0, 0.1) is 0 Å². The molecule has 0 aromatic heterocycles. The van der Waals surface area contributed by atoms with E-state index in [1.807, 2.05) is 54.6 Å². The first-order valence-corrected chi connectivity index (χ1v) is 7.27. The number of halogens is 1.